The van der Waals surface area contributed by atoms with Crippen LogP contribution in [0, 0.1) is 6.92 Å². The van der Waals surface area contributed by atoms with E-state index >= 15 is 0 Å². The molecule has 0 spiro atoms. The molecule has 0 aromatic heterocycles. The Morgan fingerprint density at radius 2 is 1.68 bits per heavy atom. The molecule has 0 heterocycles. The first kappa shape index (κ1) is 22.5. The second kappa shape index (κ2) is 10.7. The number of amides is 2. The van der Waals surface area contributed by atoms with Gasteiger partial charge in [0.1, 0.15) is 12.4 Å². The van der Waals surface area contributed by atoms with Crippen LogP contribution < -0.4 is 15.4 Å². The van der Waals surface area contributed by atoms with Crippen molar-refractivity contribution in [3.63, 3.8) is 0 Å². The lowest BCUT2D eigenvalue weighted by Gasteiger charge is -2.21. The average molecular weight is 424 g/mol. The van der Waals surface area contributed by atoms with Gasteiger partial charge in [0.2, 0.25) is 5.91 Å². The third kappa shape index (κ3) is 6.93. The number of carbonyl (C=O) groups is 3. The van der Waals surface area contributed by atoms with Gasteiger partial charge in [0.25, 0.3) is 5.91 Å². The van der Waals surface area contributed by atoms with Gasteiger partial charge in [0, 0.05) is 23.9 Å². The Bertz CT molecular complexity index is 933. The van der Waals surface area contributed by atoms with Gasteiger partial charge in [-0.2, -0.15) is 0 Å². The van der Waals surface area contributed by atoms with E-state index in [-0.39, 0.29) is 24.5 Å². The van der Waals surface area contributed by atoms with Crippen molar-refractivity contribution in [1.29, 1.82) is 0 Å². The van der Waals surface area contributed by atoms with E-state index in [9.17, 15) is 14.4 Å². The maximum absolute atomic E-state index is 12.6. The van der Waals surface area contributed by atoms with Gasteiger partial charge in [0.05, 0.1) is 6.10 Å². The van der Waals surface area contributed by atoms with Crippen LogP contribution in [0.5, 0.6) is 5.75 Å². The highest BCUT2D eigenvalue weighted by Crippen LogP contribution is 2.23. The van der Waals surface area contributed by atoms with E-state index in [0.29, 0.717) is 22.7 Å². The molecule has 0 unspecified atom stereocenters. The smallest absolute Gasteiger partial charge is 0.308 e. The monoisotopic (exact) mass is 424 g/mol. The first-order chi connectivity index (χ1) is 14.9. The fourth-order valence-electron chi connectivity index (χ4n) is 3.49. The van der Waals surface area contributed by atoms with Crippen LogP contribution in [-0.4, -0.2) is 30.5 Å². The van der Waals surface area contributed by atoms with Crippen molar-refractivity contribution < 1.29 is 23.9 Å². The summed E-state index contributed by atoms with van der Waals surface area (Å²) < 4.78 is 10.7. The van der Waals surface area contributed by atoms with Crippen LogP contribution in [0.25, 0.3) is 0 Å². The molecule has 0 radical (unpaired) electrons. The third-order valence-corrected chi connectivity index (χ3v) is 5.15. The molecule has 3 rings (SSSR count). The number of aryl methyl sites for hydroxylation is 1. The van der Waals surface area contributed by atoms with Gasteiger partial charge in [-0.25, -0.2) is 0 Å². The van der Waals surface area contributed by atoms with Gasteiger partial charge < -0.3 is 20.1 Å². The van der Waals surface area contributed by atoms with Gasteiger partial charge in [-0.1, -0.05) is 25.3 Å². The second-order valence-electron chi connectivity index (χ2n) is 7.72. The largest absolute Gasteiger partial charge is 0.427 e. The SMILES string of the molecule is CC(=O)Oc1ccc(C(=O)Nc2cc(NC(=O)COC3CCCCC3)ccc2C)cc1. The Labute approximate surface area is 182 Å². The van der Waals surface area contributed by atoms with Crippen LogP contribution in [0.4, 0.5) is 11.4 Å². The lowest BCUT2D eigenvalue weighted by Crippen LogP contribution is -2.24. The maximum Gasteiger partial charge on any atom is 0.308 e. The van der Waals surface area contributed by atoms with E-state index in [1.807, 2.05) is 13.0 Å². The summed E-state index contributed by atoms with van der Waals surface area (Å²) in [6.07, 6.45) is 5.73. The standard InChI is InChI=1S/C24H28N2O5/c1-16-8-11-19(25-23(28)15-30-20-6-4-3-5-7-20)14-22(16)26-24(29)18-9-12-21(13-10-18)31-17(2)27/h8-14,20H,3-7,15H2,1-2H3,(H,25,28)(H,26,29). The number of anilines is 2. The summed E-state index contributed by atoms with van der Waals surface area (Å²) in [6.45, 7) is 3.21. The van der Waals surface area contributed by atoms with Crippen molar-refractivity contribution in [2.45, 2.75) is 52.1 Å². The fraction of sp³-hybridized carbons (Fsp3) is 0.375. The summed E-state index contributed by atoms with van der Waals surface area (Å²) in [7, 11) is 0. The predicted molar refractivity (Wildman–Crippen MR) is 118 cm³/mol. The summed E-state index contributed by atoms with van der Waals surface area (Å²) in [6, 6.07) is 11.6. The summed E-state index contributed by atoms with van der Waals surface area (Å²) >= 11 is 0. The van der Waals surface area contributed by atoms with Crippen molar-refractivity contribution in [3.8, 4) is 5.75 Å². The maximum atomic E-state index is 12.6. The van der Waals surface area contributed by atoms with Crippen molar-refractivity contribution >= 4 is 29.2 Å². The molecular formula is C24H28N2O5. The number of rotatable bonds is 7. The van der Waals surface area contributed by atoms with E-state index in [4.69, 9.17) is 9.47 Å². The summed E-state index contributed by atoms with van der Waals surface area (Å²) in [5.74, 6) is -0.564. The molecule has 0 bridgehead atoms. The van der Waals surface area contributed by atoms with Crippen molar-refractivity contribution in [1.82, 2.24) is 0 Å². The highest BCUT2D eigenvalue weighted by atomic mass is 16.5. The van der Waals surface area contributed by atoms with Crippen LogP contribution in [0.3, 0.4) is 0 Å². The molecular weight excluding hydrogens is 396 g/mol. The van der Waals surface area contributed by atoms with Gasteiger partial charge >= 0.3 is 5.97 Å². The van der Waals surface area contributed by atoms with Gasteiger partial charge in [-0.3, -0.25) is 14.4 Å². The topological polar surface area (TPSA) is 93.7 Å². The van der Waals surface area contributed by atoms with Crippen LogP contribution in [0.2, 0.25) is 0 Å². The minimum Gasteiger partial charge on any atom is -0.427 e. The second-order valence-corrected chi connectivity index (χ2v) is 7.72. The van der Waals surface area contributed by atoms with Crippen LogP contribution >= 0.6 is 0 Å². The number of ether oxygens (including phenoxy) is 2. The van der Waals surface area contributed by atoms with Gasteiger partial charge in [-0.15, -0.1) is 0 Å². The zero-order valence-electron chi connectivity index (χ0n) is 17.9. The highest BCUT2D eigenvalue weighted by molar-refractivity contribution is 6.05. The van der Waals surface area contributed by atoms with Crippen LogP contribution in [-0.2, 0) is 14.3 Å². The molecule has 1 aliphatic rings. The molecule has 0 saturated heterocycles. The first-order valence-corrected chi connectivity index (χ1v) is 10.5. The van der Waals surface area contributed by atoms with E-state index < -0.39 is 5.97 Å². The Hall–Kier alpha value is -3.19. The van der Waals surface area contributed by atoms with Crippen molar-refractivity contribution in [2.75, 3.05) is 17.2 Å². The Kier molecular flexibility index (Phi) is 7.78. The Morgan fingerprint density at radius 1 is 0.968 bits per heavy atom. The molecule has 2 aromatic carbocycles. The Morgan fingerprint density at radius 3 is 2.35 bits per heavy atom. The quantitative estimate of drug-likeness (QED) is 0.506. The molecule has 0 atom stereocenters. The molecule has 164 valence electrons. The van der Waals surface area contributed by atoms with Crippen molar-refractivity contribution in [3.05, 3.63) is 53.6 Å². The molecule has 7 heteroatoms. The molecule has 1 fully saturated rings. The zero-order chi connectivity index (χ0) is 22.2. The molecule has 2 N–H and O–H groups in total. The Balaban J connectivity index is 1.57. The molecule has 7 nitrogen and oxygen atoms in total. The number of hydrogen-bond acceptors (Lipinski definition) is 5. The number of nitrogens with one attached hydrogen (secondary N) is 2. The number of esters is 1. The normalized spacial score (nSPS) is 14.0. The van der Waals surface area contributed by atoms with Crippen LogP contribution in [0.1, 0.15) is 54.9 Å². The van der Waals surface area contributed by atoms with Crippen LogP contribution in [0.15, 0.2) is 42.5 Å². The van der Waals surface area contributed by atoms with E-state index in [1.165, 1.54) is 13.3 Å². The summed E-state index contributed by atoms with van der Waals surface area (Å²) in [5.41, 5.74) is 2.47. The molecule has 2 amide bonds. The summed E-state index contributed by atoms with van der Waals surface area (Å²) in [5, 5.41) is 5.68. The highest BCUT2D eigenvalue weighted by Gasteiger charge is 2.16. The van der Waals surface area contributed by atoms with E-state index in [0.717, 1.165) is 31.2 Å². The lowest BCUT2D eigenvalue weighted by molar-refractivity contribution is -0.131. The first-order valence-electron chi connectivity index (χ1n) is 10.5. The van der Waals surface area contributed by atoms with E-state index in [2.05, 4.69) is 10.6 Å². The molecule has 0 aliphatic heterocycles. The van der Waals surface area contributed by atoms with Gasteiger partial charge in [-0.05, 0) is 61.7 Å². The summed E-state index contributed by atoms with van der Waals surface area (Å²) in [4.78, 5) is 35.8. The third-order valence-electron chi connectivity index (χ3n) is 5.15. The lowest BCUT2D eigenvalue weighted by atomic mass is 9.98. The van der Waals surface area contributed by atoms with Crippen molar-refractivity contribution in [2.24, 2.45) is 0 Å². The molecule has 2 aromatic rings. The average Bonchev–Trinajstić information content (AvgIpc) is 2.75. The zero-order valence-corrected chi connectivity index (χ0v) is 17.9. The molecule has 1 saturated carbocycles. The van der Waals surface area contributed by atoms with E-state index in [1.54, 1.807) is 36.4 Å². The molecule has 31 heavy (non-hydrogen) atoms. The fourth-order valence-corrected chi connectivity index (χ4v) is 3.49. The number of hydrogen-bond donors (Lipinski definition) is 2. The predicted octanol–water partition coefficient (Wildman–Crippen LogP) is 4.46. The number of carbonyl (C=O) groups excluding carboxylic acids is 3. The minimum absolute atomic E-state index is 0.0227. The van der Waals surface area contributed by atoms with Gasteiger partial charge in [0.15, 0.2) is 0 Å². The molecule has 1 aliphatic carbocycles. The minimum atomic E-state index is -0.421. The number of benzene rings is 2.